The van der Waals surface area contributed by atoms with Crippen LogP contribution in [0.3, 0.4) is 0 Å². The molecule has 0 amide bonds. The van der Waals surface area contributed by atoms with Crippen LogP contribution in [0.1, 0.15) is 0 Å². The minimum absolute atomic E-state index is 0.878. The highest BCUT2D eigenvalue weighted by Gasteiger charge is 2.23. The zero-order valence-electron chi connectivity index (χ0n) is 20.3. The summed E-state index contributed by atoms with van der Waals surface area (Å²) in [6, 6.07) is 51.4. The smallest absolute Gasteiger partial charge is 0.143 e. The van der Waals surface area contributed by atoms with Gasteiger partial charge in [-0.15, -0.1) is 0 Å². The van der Waals surface area contributed by atoms with E-state index >= 15 is 0 Å². The second kappa shape index (κ2) is 8.96. The van der Waals surface area contributed by atoms with Crippen molar-refractivity contribution >= 4 is 0 Å². The highest BCUT2D eigenvalue weighted by molar-refractivity contribution is 5.95. The fourth-order valence-corrected chi connectivity index (χ4v) is 5.30. The van der Waals surface area contributed by atoms with E-state index in [4.69, 9.17) is 4.74 Å². The molecule has 1 aliphatic heterocycles. The number of hydrogen-bond donors (Lipinski definition) is 0. The SMILES string of the molecule is c1ccc(-c2cc(-c3ccccc3)cc(-c3cccc4c3Oc3ccccc3-c3ccccc3-4)c2)cc1. The molecule has 7 rings (SSSR count). The maximum Gasteiger partial charge on any atom is 0.143 e. The van der Waals surface area contributed by atoms with Gasteiger partial charge in [0.2, 0.25) is 0 Å². The Hall–Kier alpha value is -4.88. The molecule has 0 saturated carbocycles. The molecule has 174 valence electrons. The van der Waals surface area contributed by atoms with Gasteiger partial charge in [-0.2, -0.15) is 0 Å². The third-order valence-electron chi connectivity index (χ3n) is 7.08. The lowest BCUT2D eigenvalue weighted by Crippen LogP contribution is -1.92. The number of rotatable bonds is 3. The van der Waals surface area contributed by atoms with E-state index in [1.807, 2.05) is 6.07 Å². The van der Waals surface area contributed by atoms with Gasteiger partial charge in [0.15, 0.2) is 0 Å². The first kappa shape index (κ1) is 21.4. The predicted octanol–water partition coefficient (Wildman–Crippen LogP) is 10.1. The first-order valence-corrected chi connectivity index (χ1v) is 12.6. The molecule has 1 nitrogen and oxygen atoms in total. The van der Waals surface area contributed by atoms with Crippen molar-refractivity contribution in [1.29, 1.82) is 0 Å². The second-order valence-electron chi connectivity index (χ2n) is 9.36. The van der Waals surface area contributed by atoms with Crippen LogP contribution in [0, 0.1) is 0 Å². The minimum atomic E-state index is 0.878. The summed E-state index contributed by atoms with van der Waals surface area (Å²) in [4.78, 5) is 0. The maximum absolute atomic E-state index is 6.76. The molecule has 0 spiro atoms. The number of benzene rings is 6. The molecular formula is C36H24O. The fourth-order valence-electron chi connectivity index (χ4n) is 5.30. The molecule has 0 radical (unpaired) electrons. The number of para-hydroxylation sites is 2. The van der Waals surface area contributed by atoms with E-state index in [-0.39, 0.29) is 0 Å². The monoisotopic (exact) mass is 472 g/mol. The Morgan fingerprint density at radius 2 is 0.757 bits per heavy atom. The Labute approximate surface area is 217 Å². The first-order chi connectivity index (χ1) is 18.3. The van der Waals surface area contributed by atoms with Crippen LogP contribution in [0.2, 0.25) is 0 Å². The van der Waals surface area contributed by atoms with Crippen molar-refractivity contribution in [2.24, 2.45) is 0 Å². The molecule has 0 saturated heterocycles. The van der Waals surface area contributed by atoms with E-state index in [1.54, 1.807) is 0 Å². The van der Waals surface area contributed by atoms with Crippen LogP contribution in [0.25, 0.3) is 55.6 Å². The fraction of sp³-hybridized carbons (Fsp3) is 0. The molecule has 37 heavy (non-hydrogen) atoms. The van der Waals surface area contributed by atoms with Crippen LogP contribution in [-0.4, -0.2) is 0 Å². The summed E-state index contributed by atoms with van der Waals surface area (Å²) < 4.78 is 6.76. The van der Waals surface area contributed by atoms with Gasteiger partial charge in [-0.05, 0) is 63.2 Å². The Kier molecular flexibility index (Phi) is 5.19. The van der Waals surface area contributed by atoms with Crippen LogP contribution in [-0.2, 0) is 0 Å². The molecule has 1 heteroatoms. The highest BCUT2D eigenvalue weighted by atomic mass is 16.5. The zero-order chi connectivity index (χ0) is 24.6. The van der Waals surface area contributed by atoms with E-state index in [0.717, 1.165) is 33.8 Å². The van der Waals surface area contributed by atoms with Crippen molar-refractivity contribution in [3.05, 3.63) is 146 Å². The molecule has 0 aliphatic carbocycles. The number of hydrogen-bond acceptors (Lipinski definition) is 1. The average molecular weight is 473 g/mol. The summed E-state index contributed by atoms with van der Waals surface area (Å²) in [5, 5.41) is 0. The molecule has 1 aliphatic rings. The predicted molar refractivity (Wildman–Crippen MR) is 154 cm³/mol. The Bertz CT molecular complexity index is 1670. The van der Waals surface area contributed by atoms with Crippen LogP contribution >= 0.6 is 0 Å². The van der Waals surface area contributed by atoms with Gasteiger partial charge in [0.25, 0.3) is 0 Å². The highest BCUT2D eigenvalue weighted by Crippen LogP contribution is 2.50. The summed E-state index contributed by atoms with van der Waals surface area (Å²) in [5.74, 6) is 1.77. The maximum atomic E-state index is 6.76. The van der Waals surface area contributed by atoms with Gasteiger partial charge in [-0.1, -0.05) is 121 Å². The molecule has 0 N–H and O–H groups in total. The van der Waals surface area contributed by atoms with Crippen molar-refractivity contribution in [2.75, 3.05) is 0 Å². The molecule has 6 aromatic rings. The Morgan fingerprint density at radius 3 is 1.41 bits per heavy atom. The van der Waals surface area contributed by atoms with Crippen molar-refractivity contribution in [2.45, 2.75) is 0 Å². The zero-order valence-corrected chi connectivity index (χ0v) is 20.3. The topological polar surface area (TPSA) is 9.23 Å². The summed E-state index contributed by atoms with van der Waals surface area (Å²) in [5.41, 5.74) is 11.6. The third kappa shape index (κ3) is 3.82. The first-order valence-electron chi connectivity index (χ1n) is 12.6. The van der Waals surface area contributed by atoms with E-state index < -0.39 is 0 Å². The van der Waals surface area contributed by atoms with Gasteiger partial charge in [0.1, 0.15) is 11.5 Å². The van der Waals surface area contributed by atoms with Crippen molar-refractivity contribution in [3.8, 4) is 67.1 Å². The molecule has 1 heterocycles. The van der Waals surface area contributed by atoms with Crippen molar-refractivity contribution < 1.29 is 4.74 Å². The van der Waals surface area contributed by atoms with Gasteiger partial charge in [-0.25, -0.2) is 0 Å². The van der Waals surface area contributed by atoms with Crippen LogP contribution in [0.15, 0.2) is 146 Å². The number of ether oxygens (including phenoxy) is 1. The molecule has 6 aromatic carbocycles. The minimum Gasteiger partial charge on any atom is -0.455 e. The molecule has 0 unspecified atom stereocenters. The van der Waals surface area contributed by atoms with Gasteiger partial charge in [-0.3, -0.25) is 0 Å². The summed E-state index contributed by atoms with van der Waals surface area (Å²) in [7, 11) is 0. The van der Waals surface area contributed by atoms with Crippen molar-refractivity contribution in [1.82, 2.24) is 0 Å². The van der Waals surface area contributed by atoms with Gasteiger partial charge < -0.3 is 4.74 Å². The molecule has 0 atom stereocenters. The lowest BCUT2D eigenvalue weighted by Gasteiger charge is -2.17. The van der Waals surface area contributed by atoms with E-state index in [2.05, 4.69) is 140 Å². The lowest BCUT2D eigenvalue weighted by atomic mass is 9.90. The van der Waals surface area contributed by atoms with Crippen LogP contribution in [0.4, 0.5) is 0 Å². The van der Waals surface area contributed by atoms with Crippen molar-refractivity contribution in [3.63, 3.8) is 0 Å². The van der Waals surface area contributed by atoms with E-state index in [0.29, 0.717) is 0 Å². The molecular weight excluding hydrogens is 448 g/mol. The van der Waals surface area contributed by atoms with Gasteiger partial charge in [0, 0.05) is 16.7 Å². The lowest BCUT2D eigenvalue weighted by molar-refractivity contribution is 0.489. The van der Waals surface area contributed by atoms with Gasteiger partial charge in [0.05, 0.1) is 0 Å². The number of fused-ring (bicyclic) bond motifs is 5. The largest absolute Gasteiger partial charge is 0.455 e. The Balaban J connectivity index is 1.49. The van der Waals surface area contributed by atoms with Gasteiger partial charge >= 0.3 is 0 Å². The Morgan fingerprint density at radius 1 is 0.297 bits per heavy atom. The molecule has 0 aromatic heterocycles. The summed E-state index contributed by atoms with van der Waals surface area (Å²) >= 11 is 0. The standard InChI is InChI=1S/C36H24O/c1-3-12-25(13-4-1)27-22-28(26-14-5-2-6-15-26)24-29(23-27)30-19-11-20-34-32-17-8-7-16-31(32)33-18-9-10-21-35(33)37-36(30)34/h1-24H. The third-order valence-corrected chi connectivity index (χ3v) is 7.08. The second-order valence-corrected chi connectivity index (χ2v) is 9.36. The average Bonchev–Trinajstić information content (AvgIpc) is 3.12. The normalized spacial score (nSPS) is 11.5. The summed E-state index contributed by atoms with van der Waals surface area (Å²) in [6.07, 6.45) is 0. The molecule has 0 bridgehead atoms. The van der Waals surface area contributed by atoms with Crippen LogP contribution < -0.4 is 4.74 Å². The van der Waals surface area contributed by atoms with E-state index in [9.17, 15) is 0 Å². The van der Waals surface area contributed by atoms with Crippen LogP contribution in [0.5, 0.6) is 11.5 Å². The summed E-state index contributed by atoms with van der Waals surface area (Å²) in [6.45, 7) is 0. The molecule has 0 fully saturated rings. The quantitative estimate of drug-likeness (QED) is 0.248. The van der Waals surface area contributed by atoms with E-state index in [1.165, 1.54) is 33.4 Å².